The summed E-state index contributed by atoms with van der Waals surface area (Å²) in [7, 11) is 3.73. The number of carbonyl (C=O) groups is 1. The minimum atomic E-state index is 0.0509. The quantitative estimate of drug-likeness (QED) is 0.735. The first-order valence-electron chi connectivity index (χ1n) is 9.98. The van der Waals surface area contributed by atoms with Gasteiger partial charge in [-0.1, -0.05) is 25.5 Å². The van der Waals surface area contributed by atoms with E-state index in [0.29, 0.717) is 18.7 Å². The van der Waals surface area contributed by atoms with Gasteiger partial charge in [0.1, 0.15) is 11.6 Å². The van der Waals surface area contributed by atoms with Crippen LogP contribution in [0, 0.1) is 0 Å². The highest BCUT2D eigenvalue weighted by molar-refractivity contribution is 5.94. The number of piperazine rings is 1. The number of hydrogen-bond donors (Lipinski definition) is 0. The van der Waals surface area contributed by atoms with Crippen LogP contribution in [0.2, 0.25) is 0 Å². The van der Waals surface area contributed by atoms with Gasteiger partial charge in [-0.3, -0.25) is 4.79 Å². The topological polar surface area (TPSA) is 48.9 Å². The van der Waals surface area contributed by atoms with Gasteiger partial charge in [-0.2, -0.15) is 0 Å². The maximum absolute atomic E-state index is 12.8. The van der Waals surface area contributed by atoms with Crippen LogP contribution in [-0.4, -0.2) is 62.7 Å². The minimum absolute atomic E-state index is 0.0509. The van der Waals surface area contributed by atoms with Crippen molar-refractivity contribution < 1.29 is 9.53 Å². The van der Waals surface area contributed by atoms with Crippen molar-refractivity contribution in [1.82, 2.24) is 9.88 Å². The Balaban J connectivity index is 1.59. The fourth-order valence-electron chi connectivity index (χ4n) is 3.47. The molecule has 1 aromatic carbocycles. The van der Waals surface area contributed by atoms with Crippen LogP contribution in [-0.2, 0) is 0 Å². The molecule has 6 heteroatoms. The van der Waals surface area contributed by atoms with E-state index in [1.807, 2.05) is 42.3 Å². The molecule has 3 rings (SSSR count). The molecule has 0 N–H and O–H groups in total. The Kier molecular flexibility index (Phi) is 6.74. The summed E-state index contributed by atoms with van der Waals surface area (Å²) in [5.41, 5.74) is 1.73. The molecule has 0 aliphatic carbocycles. The van der Waals surface area contributed by atoms with Gasteiger partial charge in [0, 0.05) is 46.0 Å². The van der Waals surface area contributed by atoms with Crippen molar-refractivity contribution in [3.05, 3.63) is 48.2 Å². The number of hydrogen-bond acceptors (Lipinski definition) is 5. The Hall–Kier alpha value is -2.76. The smallest absolute Gasteiger partial charge is 0.255 e. The standard InChI is InChI=1S/C22H30N4O2/c1-4-5-12-24(2)21-11-10-18(17-23-21)22(27)26-15-13-25(14-16-26)19-8-6-7-9-20(19)28-3/h6-11,17H,4-5,12-16H2,1-3H3. The van der Waals surface area contributed by atoms with E-state index in [9.17, 15) is 4.79 Å². The monoisotopic (exact) mass is 382 g/mol. The summed E-state index contributed by atoms with van der Waals surface area (Å²) in [5, 5.41) is 0. The molecule has 150 valence electrons. The highest BCUT2D eigenvalue weighted by atomic mass is 16.5. The second-order valence-corrected chi connectivity index (χ2v) is 7.13. The van der Waals surface area contributed by atoms with Crippen LogP contribution in [0.15, 0.2) is 42.6 Å². The first-order chi connectivity index (χ1) is 13.6. The van der Waals surface area contributed by atoms with Crippen molar-refractivity contribution in [3.8, 4) is 5.75 Å². The van der Waals surface area contributed by atoms with Gasteiger partial charge in [-0.15, -0.1) is 0 Å². The van der Waals surface area contributed by atoms with E-state index in [0.717, 1.165) is 49.7 Å². The molecular formula is C22H30N4O2. The Morgan fingerprint density at radius 1 is 1.14 bits per heavy atom. The van der Waals surface area contributed by atoms with Gasteiger partial charge in [0.25, 0.3) is 5.91 Å². The second-order valence-electron chi connectivity index (χ2n) is 7.13. The van der Waals surface area contributed by atoms with Gasteiger partial charge in [0.15, 0.2) is 0 Å². The zero-order valence-electron chi connectivity index (χ0n) is 17.1. The molecule has 0 radical (unpaired) electrons. The fraction of sp³-hybridized carbons (Fsp3) is 0.455. The van der Waals surface area contributed by atoms with Crippen molar-refractivity contribution in [2.24, 2.45) is 0 Å². The first kappa shape index (κ1) is 20.0. The molecule has 1 amide bonds. The largest absolute Gasteiger partial charge is 0.495 e. The van der Waals surface area contributed by atoms with Crippen LogP contribution in [0.5, 0.6) is 5.75 Å². The molecule has 2 heterocycles. The molecule has 2 aromatic rings. The number of rotatable bonds is 7. The zero-order valence-corrected chi connectivity index (χ0v) is 17.1. The first-order valence-corrected chi connectivity index (χ1v) is 9.98. The number of unbranched alkanes of at least 4 members (excludes halogenated alkanes) is 1. The molecular weight excluding hydrogens is 352 g/mol. The van der Waals surface area contributed by atoms with Gasteiger partial charge >= 0.3 is 0 Å². The van der Waals surface area contributed by atoms with E-state index in [1.165, 1.54) is 0 Å². The van der Waals surface area contributed by atoms with Gasteiger partial charge < -0.3 is 19.4 Å². The molecule has 0 atom stereocenters. The maximum atomic E-state index is 12.8. The number of pyridine rings is 1. The molecule has 0 spiro atoms. The van der Waals surface area contributed by atoms with E-state index in [-0.39, 0.29) is 5.91 Å². The SMILES string of the molecule is CCCCN(C)c1ccc(C(=O)N2CCN(c3ccccc3OC)CC2)cn1. The third-order valence-electron chi connectivity index (χ3n) is 5.23. The van der Waals surface area contributed by atoms with Crippen LogP contribution < -0.4 is 14.5 Å². The zero-order chi connectivity index (χ0) is 19.9. The van der Waals surface area contributed by atoms with Gasteiger partial charge in [-0.05, 0) is 30.7 Å². The van der Waals surface area contributed by atoms with Crippen molar-refractivity contribution in [3.63, 3.8) is 0 Å². The van der Waals surface area contributed by atoms with Crippen molar-refractivity contribution >= 4 is 17.4 Å². The van der Waals surface area contributed by atoms with Gasteiger partial charge in [-0.25, -0.2) is 4.98 Å². The van der Waals surface area contributed by atoms with E-state index < -0.39 is 0 Å². The molecule has 0 saturated carbocycles. The van der Waals surface area contributed by atoms with Gasteiger partial charge in [0.2, 0.25) is 0 Å². The molecule has 1 aromatic heterocycles. The number of para-hydroxylation sites is 2. The van der Waals surface area contributed by atoms with Crippen LogP contribution in [0.1, 0.15) is 30.1 Å². The molecule has 1 aliphatic rings. The summed E-state index contributed by atoms with van der Waals surface area (Å²) in [6.45, 7) is 6.11. The highest BCUT2D eigenvalue weighted by Gasteiger charge is 2.24. The lowest BCUT2D eigenvalue weighted by Crippen LogP contribution is -2.48. The van der Waals surface area contributed by atoms with Crippen LogP contribution >= 0.6 is 0 Å². The maximum Gasteiger partial charge on any atom is 0.255 e. The molecule has 6 nitrogen and oxygen atoms in total. The van der Waals surface area contributed by atoms with E-state index >= 15 is 0 Å². The summed E-state index contributed by atoms with van der Waals surface area (Å²) in [4.78, 5) is 23.6. The predicted molar refractivity (Wildman–Crippen MR) is 114 cm³/mol. The number of anilines is 2. The highest BCUT2D eigenvalue weighted by Crippen LogP contribution is 2.28. The van der Waals surface area contributed by atoms with Crippen molar-refractivity contribution in [2.45, 2.75) is 19.8 Å². The van der Waals surface area contributed by atoms with E-state index in [2.05, 4.69) is 27.8 Å². The van der Waals surface area contributed by atoms with Crippen LogP contribution in [0.4, 0.5) is 11.5 Å². The Morgan fingerprint density at radius 3 is 2.54 bits per heavy atom. The summed E-state index contributed by atoms with van der Waals surface area (Å²) in [5.74, 6) is 1.83. The summed E-state index contributed by atoms with van der Waals surface area (Å²) < 4.78 is 5.46. The number of benzene rings is 1. The number of carbonyl (C=O) groups excluding carboxylic acids is 1. The third-order valence-corrected chi connectivity index (χ3v) is 5.23. The number of aromatic nitrogens is 1. The molecule has 0 unspecified atom stereocenters. The molecule has 1 aliphatic heterocycles. The summed E-state index contributed by atoms with van der Waals surface area (Å²) in [6, 6.07) is 11.8. The lowest BCUT2D eigenvalue weighted by Gasteiger charge is -2.36. The lowest BCUT2D eigenvalue weighted by molar-refractivity contribution is 0.0746. The summed E-state index contributed by atoms with van der Waals surface area (Å²) >= 11 is 0. The van der Waals surface area contributed by atoms with E-state index in [1.54, 1.807) is 13.3 Å². The average Bonchev–Trinajstić information content (AvgIpc) is 2.77. The minimum Gasteiger partial charge on any atom is -0.495 e. The summed E-state index contributed by atoms with van der Waals surface area (Å²) in [6.07, 6.45) is 3.99. The number of ether oxygens (including phenoxy) is 1. The molecule has 1 fully saturated rings. The second kappa shape index (κ2) is 9.44. The normalized spacial score (nSPS) is 14.1. The average molecular weight is 383 g/mol. The molecule has 28 heavy (non-hydrogen) atoms. The van der Waals surface area contributed by atoms with Crippen molar-refractivity contribution in [1.29, 1.82) is 0 Å². The lowest BCUT2D eigenvalue weighted by atomic mass is 10.2. The Morgan fingerprint density at radius 2 is 1.89 bits per heavy atom. The van der Waals surface area contributed by atoms with Crippen molar-refractivity contribution in [2.75, 3.05) is 56.7 Å². The Bertz CT molecular complexity index is 770. The molecule has 0 bridgehead atoms. The fourth-order valence-corrected chi connectivity index (χ4v) is 3.47. The van der Waals surface area contributed by atoms with Gasteiger partial charge in [0.05, 0.1) is 18.4 Å². The predicted octanol–water partition coefficient (Wildman–Crippen LogP) is 3.29. The third kappa shape index (κ3) is 4.55. The number of amides is 1. The van der Waals surface area contributed by atoms with E-state index in [4.69, 9.17) is 4.74 Å². The number of nitrogens with zero attached hydrogens (tertiary/aromatic N) is 4. The number of methoxy groups -OCH3 is 1. The van der Waals surface area contributed by atoms with Crippen LogP contribution in [0.25, 0.3) is 0 Å². The van der Waals surface area contributed by atoms with Crippen LogP contribution in [0.3, 0.4) is 0 Å². The molecule has 1 saturated heterocycles. The Labute approximate surface area is 167 Å².